The van der Waals surface area contributed by atoms with Crippen molar-refractivity contribution in [3.63, 3.8) is 0 Å². The molecule has 0 bridgehead atoms. The zero-order valence-corrected chi connectivity index (χ0v) is 13.1. The minimum absolute atomic E-state index is 0.160. The minimum Gasteiger partial charge on any atom is -0.396 e. The average Bonchev–Trinajstić information content (AvgIpc) is 2.99. The minimum atomic E-state index is 0.160. The molecule has 1 saturated heterocycles. The van der Waals surface area contributed by atoms with E-state index in [2.05, 4.69) is 39.2 Å². The maximum atomic E-state index is 9.27. The van der Waals surface area contributed by atoms with Gasteiger partial charge in [0, 0.05) is 33.9 Å². The smallest absolute Gasteiger partial charge is 0.0593 e. The number of aliphatic hydroxyl groups excluding tert-OH is 1. The highest BCUT2D eigenvalue weighted by Gasteiger charge is 2.32. The van der Waals surface area contributed by atoms with E-state index in [1.165, 1.54) is 4.88 Å². The van der Waals surface area contributed by atoms with E-state index in [1.54, 1.807) is 11.3 Å². The van der Waals surface area contributed by atoms with Crippen molar-refractivity contribution in [2.75, 3.05) is 19.7 Å². The first-order chi connectivity index (χ1) is 8.65. The summed E-state index contributed by atoms with van der Waals surface area (Å²) in [6.07, 6.45) is 2.05. The summed E-state index contributed by atoms with van der Waals surface area (Å²) in [5.41, 5.74) is 6.31. The van der Waals surface area contributed by atoms with Crippen molar-refractivity contribution < 1.29 is 5.11 Å². The number of hydrogen-bond donors (Lipinski definition) is 2. The van der Waals surface area contributed by atoms with Crippen LogP contribution in [0.4, 0.5) is 0 Å². The Labute approximate surface area is 121 Å². The fourth-order valence-corrected chi connectivity index (χ4v) is 4.29. The highest BCUT2D eigenvalue weighted by atomic mass is 79.9. The maximum absolute atomic E-state index is 9.27. The summed E-state index contributed by atoms with van der Waals surface area (Å²) in [7, 11) is 0. The fraction of sp³-hybridized carbons (Fsp3) is 0.692. The molecule has 1 aromatic heterocycles. The van der Waals surface area contributed by atoms with E-state index in [9.17, 15) is 5.11 Å². The molecule has 5 heteroatoms. The van der Waals surface area contributed by atoms with Gasteiger partial charge in [0.05, 0.1) is 6.04 Å². The summed E-state index contributed by atoms with van der Waals surface area (Å²) < 4.78 is 1.13. The van der Waals surface area contributed by atoms with E-state index < -0.39 is 0 Å². The molecule has 0 amide bonds. The highest BCUT2D eigenvalue weighted by molar-refractivity contribution is 9.10. The van der Waals surface area contributed by atoms with Crippen LogP contribution in [0.3, 0.4) is 0 Å². The van der Waals surface area contributed by atoms with Crippen molar-refractivity contribution in [2.45, 2.75) is 31.8 Å². The Morgan fingerprint density at radius 1 is 1.67 bits per heavy atom. The van der Waals surface area contributed by atoms with Crippen molar-refractivity contribution in [3.8, 4) is 0 Å². The van der Waals surface area contributed by atoms with Crippen LogP contribution in [0.2, 0.25) is 0 Å². The van der Waals surface area contributed by atoms with Crippen molar-refractivity contribution in [2.24, 2.45) is 11.7 Å². The molecule has 3 unspecified atom stereocenters. The molecule has 1 fully saturated rings. The second kappa shape index (κ2) is 6.48. The zero-order chi connectivity index (χ0) is 13.1. The van der Waals surface area contributed by atoms with Gasteiger partial charge >= 0.3 is 0 Å². The summed E-state index contributed by atoms with van der Waals surface area (Å²) >= 11 is 5.28. The number of likely N-dealkylation sites (tertiary alicyclic amines) is 1. The Hall–Kier alpha value is 0.0600. The standard InChI is InChI=1S/C13H21BrN2OS/c1-2-11(15)13(12-5-10(14)8-18-12)16-4-3-9(6-16)7-17/h5,8-9,11,13,17H,2-4,6-7,15H2,1H3. The van der Waals surface area contributed by atoms with Gasteiger partial charge in [0.15, 0.2) is 0 Å². The van der Waals surface area contributed by atoms with Gasteiger partial charge in [-0.25, -0.2) is 0 Å². The van der Waals surface area contributed by atoms with Gasteiger partial charge in [0.25, 0.3) is 0 Å². The number of rotatable bonds is 5. The summed E-state index contributed by atoms with van der Waals surface area (Å²) in [6, 6.07) is 2.63. The van der Waals surface area contributed by atoms with Crippen molar-refractivity contribution in [3.05, 3.63) is 20.8 Å². The number of hydrogen-bond acceptors (Lipinski definition) is 4. The largest absolute Gasteiger partial charge is 0.396 e. The number of thiophene rings is 1. The van der Waals surface area contributed by atoms with E-state index in [4.69, 9.17) is 5.73 Å². The van der Waals surface area contributed by atoms with Crippen LogP contribution in [0, 0.1) is 5.92 Å². The molecule has 2 rings (SSSR count). The second-order valence-corrected chi connectivity index (χ2v) is 6.87. The lowest BCUT2D eigenvalue weighted by Crippen LogP contribution is -2.39. The maximum Gasteiger partial charge on any atom is 0.0593 e. The van der Waals surface area contributed by atoms with E-state index in [0.717, 1.165) is 30.4 Å². The Kier molecular flexibility index (Phi) is 5.21. The van der Waals surface area contributed by atoms with E-state index in [-0.39, 0.29) is 6.04 Å². The monoisotopic (exact) mass is 332 g/mol. The topological polar surface area (TPSA) is 49.5 Å². The quantitative estimate of drug-likeness (QED) is 0.871. The Morgan fingerprint density at radius 3 is 2.94 bits per heavy atom. The third-order valence-corrected chi connectivity index (χ3v) is 5.49. The molecule has 0 aliphatic carbocycles. The van der Waals surface area contributed by atoms with Gasteiger partial charge in [-0.3, -0.25) is 4.90 Å². The molecular formula is C13H21BrN2OS. The molecule has 3 atom stereocenters. The Morgan fingerprint density at radius 2 is 2.44 bits per heavy atom. The highest BCUT2D eigenvalue weighted by Crippen LogP contribution is 2.35. The Bertz CT molecular complexity index is 385. The zero-order valence-electron chi connectivity index (χ0n) is 10.7. The van der Waals surface area contributed by atoms with Gasteiger partial charge in [-0.1, -0.05) is 6.92 Å². The third-order valence-electron chi connectivity index (χ3n) is 3.73. The summed E-state index contributed by atoms with van der Waals surface area (Å²) in [6.45, 7) is 4.43. The van der Waals surface area contributed by atoms with Crippen molar-refractivity contribution >= 4 is 27.3 Å². The number of aliphatic hydroxyl groups is 1. The molecule has 1 aliphatic heterocycles. The van der Waals surface area contributed by atoms with Gasteiger partial charge < -0.3 is 10.8 Å². The first-order valence-corrected chi connectivity index (χ1v) is 8.17. The molecular weight excluding hydrogens is 312 g/mol. The molecule has 102 valence electrons. The predicted molar refractivity (Wildman–Crippen MR) is 79.8 cm³/mol. The van der Waals surface area contributed by atoms with E-state index >= 15 is 0 Å². The third kappa shape index (κ3) is 3.14. The van der Waals surface area contributed by atoms with Gasteiger partial charge in [-0.15, -0.1) is 11.3 Å². The first-order valence-electron chi connectivity index (χ1n) is 6.50. The van der Waals surface area contributed by atoms with Crippen LogP contribution in [0.1, 0.15) is 30.7 Å². The molecule has 0 saturated carbocycles. The van der Waals surface area contributed by atoms with Crippen LogP contribution < -0.4 is 5.73 Å². The molecule has 2 heterocycles. The summed E-state index contributed by atoms with van der Waals surface area (Å²) in [5, 5.41) is 11.4. The molecule has 0 aromatic carbocycles. The molecule has 0 radical (unpaired) electrons. The molecule has 1 aliphatic rings. The van der Waals surface area contributed by atoms with Crippen LogP contribution in [0.5, 0.6) is 0 Å². The van der Waals surface area contributed by atoms with Crippen molar-refractivity contribution in [1.82, 2.24) is 4.90 Å². The van der Waals surface area contributed by atoms with Crippen LogP contribution in [-0.4, -0.2) is 35.7 Å². The fourth-order valence-electron chi connectivity index (χ4n) is 2.63. The van der Waals surface area contributed by atoms with E-state index in [0.29, 0.717) is 18.6 Å². The van der Waals surface area contributed by atoms with Crippen LogP contribution in [0.15, 0.2) is 15.9 Å². The number of nitrogens with zero attached hydrogens (tertiary/aromatic N) is 1. The molecule has 1 aromatic rings. The predicted octanol–water partition coefficient (Wildman–Crippen LogP) is 2.60. The van der Waals surface area contributed by atoms with Gasteiger partial charge in [0.1, 0.15) is 0 Å². The normalized spacial score (nSPS) is 24.3. The number of nitrogens with two attached hydrogens (primary N) is 1. The van der Waals surface area contributed by atoms with Gasteiger partial charge in [-0.2, -0.15) is 0 Å². The Balaban J connectivity index is 2.16. The average molecular weight is 333 g/mol. The second-order valence-electron chi connectivity index (χ2n) is 5.02. The van der Waals surface area contributed by atoms with Gasteiger partial charge in [-0.05, 0) is 47.3 Å². The lowest BCUT2D eigenvalue weighted by atomic mass is 10.0. The van der Waals surface area contributed by atoms with Crippen molar-refractivity contribution in [1.29, 1.82) is 0 Å². The van der Waals surface area contributed by atoms with Crippen LogP contribution >= 0.6 is 27.3 Å². The lowest BCUT2D eigenvalue weighted by Gasteiger charge is -2.31. The molecule has 3 N–H and O–H groups in total. The SMILES string of the molecule is CCC(N)C(c1cc(Br)cs1)N1CCC(CO)C1. The van der Waals surface area contributed by atoms with E-state index in [1.807, 2.05) is 0 Å². The van der Waals surface area contributed by atoms with Gasteiger partial charge in [0.2, 0.25) is 0 Å². The molecule has 18 heavy (non-hydrogen) atoms. The molecule has 0 spiro atoms. The number of halogens is 1. The van der Waals surface area contributed by atoms with Crippen LogP contribution in [0.25, 0.3) is 0 Å². The van der Waals surface area contributed by atoms with Crippen LogP contribution in [-0.2, 0) is 0 Å². The summed E-state index contributed by atoms with van der Waals surface area (Å²) in [4.78, 5) is 3.77. The lowest BCUT2D eigenvalue weighted by molar-refractivity contribution is 0.182. The first kappa shape index (κ1) is 14.5. The molecule has 3 nitrogen and oxygen atoms in total. The summed E-state index contributed by atoms with van der Waals surface area (Å²) in [5.74, 6) is 0.417.